The Morgan fingerprint density at radius 1 is 0.875 bits per heavy atom. The van der Waals surface area contributed by atoms with Crippen LogP contribution in [-0.4, -0.2) is 23.7 Å². The number of rotatable bonds is 5. The second-order valence-electron chi connectivity index (χ2n) is 5.77. The third kappa shape index (κ3) is 6.48. The maximum absolute atomic E-state index is 11.6. The van der Waals surface area contributed by atoms with Crippen LogP contribution in [0.2, 0.25) is 0 Å². The van der Waals surface area contributed by atoms with Gasteiger partial charge in [-0.2, -0.15) is 0 Å². The van der Waals surface area contributed by atoms with E-state index in [-0.39, 0.29) is 17.1 Å². The number of carbonyl (C=O) groups excluding carboxylic acids is 2. The second kappa shape index (κ2) is 9.80. The van der Waals surface area contributed by atoms with Crippen LogP contribution in [0.4, 0.5) is 0 Å². The van der Waals surface area contributed by atoms with E-state index >= 15 is 0 Å². The van der Waals surface area contributed by atoms with Crippen LogP contribution >= 0.6 is 0 Å². The molecule has 0 aromatic heterocycles. The van der Waals surface area contributed by atoms with Gasteiger partial charge in [0.05, 0.1) is 0 Å². The number of hydrogen-bond acceptors (Lipinski definition) is 5. The van der Waals surface area contributed by atoms with Gasteiger partial charge in [-0.25, -0.2) is 0 Å². The topological polar surface area (TPSA) is 75.3 Å². The molecule has 0 saturated heterocycles. The zero-order valence-corrected chi connectivity index (χ0v) is 15.0. The molecule has 0 unspecified atom stereocenters. The van der Waals surface area contributed by atoms with Crippen LogP contribution < -0.4 is 10.6 Å². The van der Waals surface area contributed by atoms with E-state index in [1.165, 1.54) is 12.2 Å². The SMILES string of the molecule is CC(C)(CNC=C1C=CC=CC1=O)NC=C1C=CC=CC1=O.[O]=[V]. The van der Waals surface area contributed by atoms with Gasteiger partial charge in [0, 0.05) is 35.6 Å². The van der Waals surface area contributed by atoms with Gasteiger partial charge in [0.2, 0.25) is 0 Å². The van der Waals surface area contributed by atoms with Gasteiger partial charge in [0.1, 0.15) is 0 Å². The summed E-state index contributed by atoms with van der Waals surface area (Å²) in [6, 6.07) is 0. The molecule has 0 saturated carbocycles. The molecule has 6 heteroatoms. The Bertz CT molecular complexity index is 668. The van der Waals surface area contributed by atoms with Gasteiger partial charge in [-0.1, -0.05) is 24.3 Å². The van der Waals surface area contributed by atoms with Crippen molar-refractivity contribution in [1.82, 2.24) is 10.6 Å². The minimum atomic E-state index is -0.267. The summed E-state index contributed by atoms with van der Waals surface area (Å²) in [5.74, 6) is -0.0155. The Kier molecular flexibility index (Phi) is 8.09. The first-order valence-electron chi connectivity index (χ1n) is 7.36. The molecule has 0 amide bonds. The molecule has 2 aliphatic rings. The molecule has 0 radical (unpaired) electrons. The molecule has 5 nitrogen and oxygen atoms in total. The van der Waals surface area contributed by atoms with Crippen molar-refractivity contribution < 1.29 is 30.6 Å². The van der Waals surface area contributed by atoms with Crippen LogP contribution in [0.3, 0.4) is 0 Å². The van der Waals surface area contributed by atoms with Crippen LogP contribution in [0.15, 0.2) is 72.2 Å². The first-order valence-corrected chi connectivity index (χ1v) is 7.93. The van der Waals surface area contributed by atoms with E-state index in [0.29, 0.717) is 17.7 Å². The van der Waals surface area contributed by atoms with Crippen LogP contribution in [0.1, 0.15) is 13.8 Å². The molecule has 2 N–H and O–H groups in total. The molecule has 2 aliphatic carbocycles. The summed E-state index contributed by atoms with van der Waals surface area (Å²) in [4.78, 5) is 23.2. The summed E-state index contributed by atoms with van der Waals surface area (Å²) in [5, 5.41) is 6.38. The van der Waals surface area contributed by atoms with E-state index in [9.17, 15) is 9.59 Å². The van der Waals surface area contributed by atoms with Crippen molar-refractivity contribution in [3.8, 4) is 0 Å². The minimum absolute atomic E-state index is 0.00684. The average molecular weight is 363 g/mol. The Morgan fingerprint density at radius 2 is 1.33 bits per heavy atom. The molecule has 0 aromatic carbocycles. The quantitative estimate of drug-likeness (QED) is 0.731. The molecule has 2 rings (SSSR count). The third-order valence-electron chi connectivity index (χ3n) is 3.26. The van der Waals surface area contributed by atoms with E-state index in [1.807, 2.05) is 26.0 Å². The fraction of sp³-hybridized carbons (Fsp3) is 0.222. The fourth-order valence-corrected chi connectivity index (χ4v) is 1.94. The monoisotopic (exact) mass is 363 g/mol. The maximum atomic E-state index is 11.6. The third-order valence-corrected chi connectivity index (χ3v) is 3.26. The van der Waals surface area contributed by atoms with E-state index in [0.717, 1.165) is 17.4 Å². The van der Waals surface area contributed by atoms with Gasteiger partial charge >= 0.3 is 21.0 Å². The molecule has 0 bridgehead atoms. The molecule has 0 spiro atoms. The van der Waals surface area contributed by atoms with Crippen molar-refractivity contribution in [2.75, 3.05) is 6.54 Å². The molecule has 0 atom stereocenters. The van der Waals surface area contributed by atoms with Crippen LogP contribution in [0.25, 0.3) is 0 Å². The molecule has 0 fully saturated rings. The van der Waals surface area contributed by atoms with Crippen LogP contribution in [0, 0.1) is 0 Å². The Balaban J connectivity index is 0.00000139. The molecule has 0 aliphatic heterocycles. The molecular formula is C18H20N2O3V. The van der Waals surface area contributed by atoms with E-state index in [4.69, 9.17) is 3.67 Å². The zero-order chi connectivity index (χ0) is 18.0. The Labute approximate surface area is 151 Å². The van der Waals surface area contributed by atoms with E-state index in [1.54, 1.807) is 36.7 Å². The molecule has 24 heavy (non-hydrogen) atoms. The summed E-state index contributed by atoms with van der Waals surface area (Å²) < 4.78 is 8.19. The van der Waals surface area contributed by atoms with Gasteiger partial charge in [-0.05, 0) is 38.2 Å². The van der Waals surface area contributed by atoms with Crippen molar-refractivity contribution in [3.05, 3.63) is 72.2 Å². The first kappa shape index (κ1) is 19.8. The first-order chi connectivity index (χ1) is 11.5. The van der Waals surface area contributed by atoms with Crippen LogP contribution in [0.5, 0.6) is 0 Å². The summed E-state index contributed by atoms with van der Waals surface area (Å²) in [6.07, 6.45) is 17.2. The van der Waals surface area contributed by atoms with Gasteiger partial charge < -0.3 is 10.6 Å². The van der Waals surface area contributed by atoms with Crippen LogP contribution in [-0.2, 0) is 30.6 Å². The standard InChI is InChI=1S/C18H20N2O2.O.V/c1-18(2,20-12-15-8-4-6-10-17(15)22)13-19-11-14-7-3-5-9-16(14)21;;/h3-12,19-20H,13H2,1-2H3;;. The molecule has 0 heterocycles. The number of allylic oxidation sites excluding steroid dienone is 10. The fourth-order valence-electron chi connectivity index (χ4n) is 1.94. The van der Waals surface area contributed by atoms with Gasteiger partial charge in [-0.3, -0.25) is 9.59 Å². The van der Waals surface area contributed by atoms with Gasteiger partial charge in [-0.15, -0.1) is 0 Å². The van der Waals surface area contributed by atoms with Crippen molar-refractivity contribution in [3.63, 3.8) is 0 Å². The van der Waals surface area contributed by atoms with Crippen molar-refractivity contribution >= 4 is 11.6 Å². The Morgan fingerprint density at radius 3 is 1.83 bits per heavy atom. The van der Waals surface area contributed by atoms with Gasteiger partial charge in [0.15, 0.2) is 11.6 Å². The molecule has 0 aromatic rings. The van der Waals surface area contributed by atoms with Gasteiger partial charge in [0.25, 0.3) is 0 Å². The summed E-state index contributed by atoms with van der Waals surface area (Å²) in [6.45, 7) is 4.64. The van der Waals surface area contributed by atoms with Crippen molar-refractivity contribution in [1.29, 1.82) is 0 Å². The number of carbonyl (C=O) groups is 2. The van der Waals surface area contributed by atoms with Crippen molar-refractivity contribution in [2.45, 2.75) is 19.4 Å². The van der Waals surface area contributed by atoms with E-state index in [2.05, 4.69) is 10.6 Å². The predicted octanol–water partition coefficient (Wildman–Crippen LogP) is 1.98. The summed E-state index contributed by atoms with van der Waals surface area (Å²) in [7, 11) is 0. The number of hydrogen-bond donors (Lipinski definition) is 2. The second-order valence-corrected chi connectivity index (χ2v) is 5.77. The molecule has 125 valence electrons. The Hall–Kier alpha value is -2.24. The predicted molar refractivity (Wildman–Crippen MR) is 88.6 cm³/mol. The zero-order valence-electron chi connectivity index (χ0n) is 13.7. The normalized spacial score (nSPS) is 19.4. The summed E-state index contributed by atoms with van der Waals surface area (Å²) >= 11 is 1.06. The molecular weight excluding hydrogens is 343 g/mol. The van der Waals surface area contributed by atoms with Crippen molar-refractivity contribution in [2.24, 2.45) is 0 Å². The number of nitrogens with one attached hydrogen (secondary N) is 2. The summed E-state index contributed by atoms with van der Waals surface area (Å²) in [5.41, 5.74) is 0.994. The number of ketones is 2. The van der Waals surface area contributed by atoms with E-state index < -0.39 is 0 Å². The average Bonchev–Trinajstić information content (AvgIpc) is 2.58.